The van der Waals surface area contributed by atoms with Crippen molar-refractivity contribution in [3.63, 3.8) is 0 Å². The lowest BCUT2D eigenvalue weighted by Crippen LogP contribution is -2.34. The molecule has 2 N–H and O–H groups in total. The van der Waals surface area contributed by atoms with Crippen LogP contribution in [0.15, 0.2) is 47.5 Å². The average Bonchev–Trinajstić information content (AvgIpc) is 2.48. The van der Waals surface area contributed by atoms with Gasteiger partial charge in [0.1, 0.15) is 11.6 Å². The molecular formula is C14H13N3O4S. The van der Waals surface area contributed by atoms with Crippen LogP contribution in [0.5, 0.6) is 5.75 Å². The highest BCUT2D eigenvalue weighted by atomic mass is 32.2. The zero-order valence-corrected chi connectivity index (χ0v) is 12.4. The zero-order chi connectivity index (χ0) is 15.7. The van der Waals surface area contributed by atoms with E-state index in [-0.39, 0.29) is 16.6 Å². The van der Waals surface area contributed by atoms with E-state index in [4.69, 9.17) is 4.74 Å². The number of anilines is 2. The monoisotopic (exact) mass is 319 g/mol. The fraction of sp³-hybridized carbons (Fsp3) is 0.143. The Labute approximate surface area is 127 Å². The number of hydrogen-bond acceptors (Lipinski definition) is 5. The second-order valence-electron chi connectivity index (χ2n) is 4.73. The molecule has 0 spiro atoms. The maximum atomic E-state index is 12.3. The first-order valence-electron chi connectivity index (χ1n) is 6.51. The van der Waals surface area contributed by atoms with Gasteiger partial charge in [-0.05, 0) is 31.2 Å². The van der Waals surface area contributed by atoms with Crippen molar-refractivity contribution in [3.05, 3.63) is 42.6 Å². The summed E-state index contributed by atoms with van der Waals surface area (Å²) < 4.78 is 32.5. The number of sulfonamides is 1. The van der Waals surface area contributed by atoms with E-state index < -0.39 is 16.1 Å². The van der Waals surface area contributed by atoms with Gasteiger partial charge in [0.2, 0.25) is 0 Å². The Bertz CT molecular complexity index is 821. The van der Waals surface area contributed by atoms with E-state index in [9.17, 15) is 13.2 Å². The molecule has 1 aromatic carbocycles. The maximum absolute atomic E-state index is 12.3. The number of hydrogen-bond donors (Lipinski definition) is 2. The summed E-state index contributed by atoms with van der Waals surface area (Å²) in [7, 11) is -3.78. The lowest BCUT2D eigenvalue weighted by Gasteiger charge is -2.23. The molecule has 0 aliphatic carbocycles. The Hall–Kier alpha value is -2.61. The summed E-state index contributed by atoms with van der Waals surface area (Å²) in [6.07, 6.45) is 0.819. The van der Waals surface area contributed by atoms with Crippen molar-refractivity contribution in [2.24, 2.45) is 0 Å². The highest BCUT2D eigenvalue weighted by molar-refractivity contribution is 7.92. The van der Waals surface area contributed by atoms with E-state index in [1.807, 2.05) is 0 Å². The third-order valence-electron chi connectivity index (χ3n) is 3.10. The first-order valence-corrected chi connectivity index (χ1v) is 7.99. The zero-order valence-electron chi connectivity index (χ0n) is 11.6. The van der Waals surface area contributed by atoms with Gasteiger partial charge in [-0.3, -0.25) is 9.52 Å². The predicted molar refractivity (Wildman–Crippen MR) is 80.2 cm³/mol. The van der Waals surface area contributed by atoms with Crippen LogP contribution >= 0.6 is 0 Å². The molecule has 114 valence electrons. The van der Waals surface area contributed by atoms with E-state index in [0.29, 0.717) is 11.4 Å². The molecule has 8 heteroatoms. The molecule has 0 saturated carbocycles. The fourth-order valence-corrected chi connectivity index (χ4v) is 2.99. The van der Waals surface area contributed by atoms with Crippen molar-refractivity contribution in [1.29, 1.82) is 0 Å². The van der Waals surface area contributed by atoms with Gasteiger partial charge in [-0.1, -0.05) is 6.07 Å². The number of carbonyl (C=O) groups excluding carboxylic acids is 1. The molecule has 1 atom stereocenters. The molecule has 0 bridgehead atoms. The van der Waals surface area contributed by atoms with Gasteiger partial charge < -0.3 is 10.1 Å². The minimum Gasteiger partial charge on any atom is -0.479 e. The molecule has 7 nitrogen and oxygen atoms in total. The molecular weight excluding hydrogens is 306 g/mol. The van der Waals surface area contributed by atoms with Crippen LogP contribution in [0.1, 0.15) is 6.92 Å². The molecule has 0 unspecified atom stereocenters. The Kier molecular flexibility index (Phi) is 3.45. The van der Waals surface area contributed by atoms with E-state index in [0.717, 1.165) is 0 Å². The second-order valence-corrected chi connectivity index (χ2v) is 6.41. The summed E-state index contributed by atoms with van der Waals surface area (Å²) in [5.74, 6) is 0.272. The molecule has 3 rings (SSSR count). The normalized spacial score (nSPS) is 17.1. The van der Waals surface area contributed by atoms with Crippen LogP contribution in [0.3, 0.4) is 0 Å². The van der Waals surface area contributed by atoms with Crippen LogP contribution in [0.25, 0.3) is 0 Å². The molecule has 2 aromatic rings. The number of nitrogens with one attached hydrogen (secondary N) is 2. The third-order valence-corrected chi connectivity index (χ3v) is 4.45. The Balaban J connectivity index is 1.92. The molecule has 1 amide bonds. The average molecular weight is 319 g/mol. The number of pyridine rings is 1. The van der Waals surface area contributed by atoms with Gasteiger partial charge in [0.05, 0.1) is 10.6 Å². The van der Waals surface area contributed by atoms with Gasteiger partial charge in [0, 0.05) is 12.3 Å². The lowest BCUT2D eigenvalue weighted by atomic mass is 10.2. The molecule has 0 fully saturated rings. The standard InChI is InChI=1S/C14H13N3O4S/c1-9-14(18)16-11-6-5-10(8-12(11)21-9)22(19,20)17-13-4-2-3-7-15-13/h2-9H,1H3,(H,15,17)(H,16,18)/t9-/m1/s1. The molecule has 0 saturated heterocycles. The van der Waals surface area contributed by atoms with Gasteiger partial charge in [-0.2, -0.15) is 0 Å². The first-order chi connectivity index (χ1) is 10.5. The minimum atomic E-state index is -3.78. The SMILES string of the molecule is C[C@H]1Oc2cc(S(=O)(=O)Nc3ccccn3)ccc2NC1=O. The molecule has 0 radical (unpaired) electrons. The topological polar surface area (TPSA) is 97.4 Å². The quantitative estimate of drug-likeness (QED) is 0.895. The summed E-state index contributed by atoms with van der Waals surface area (Å²) >= 11 is 0. The first kappa shape index (κ1) is 14.3. The van der Waals surface area contributed by atoms with Gasteiger partial charge in [-0.15, -0.1) is 0 Å². The lowest BCUT2D eigenvalue weighted by molar-refractivity contribution is -0.122. The predicted octanol–water partition coefficient (Wildman–Crippen LogP) is 1.60. The summed E-state index contributed by atoms with van der Waals surface area (Å²) in [4.78, 5) is 15.5. The largest absolute Gasteiger partial charge is 0.479 e. The highest BCUT2D eigenvalue weighted by Gasteiger charge is 2.25. The van der Waals surface area contributed by atoms with Crippen molar-refractivity contribution in [2.45, 2.75) is 17.9 Å². The van der Waals surface area contributed by atoms with Gasteiger partial charge in [0.15, 0.2) is 6.10 Å². The van der Waals surface area contributed by atoms with E-state index in [2.05, 4.69) is 15.0 Å². The summed E-state index contributed by atoms with van der Waals surface area (Å²) in [5, 5.41) is 2.65. The molecule has 1 aromatic heterocycles. The number of benzene rings is 1. The van der Waals surface area contributed by atoms with Gasteiger partial charge >= 0.3 is 0 Å². The van der Waals surface area contributed by atoms with E-state index >= 15 is 0 Å². The molecule has 22 heavy (non-hydrogen) atoms. The van der Waals surface area contributed by atoms with Crippen LogP contribution in [0, 0.1) is 0 Å². The Morgan fingerprint density at radius 3 is 2.82 bits per heavy atom. The van der Waals surface area contributed by atoms with Crippen LogP contribution in [0.4, 0.5) is 11.5 Å². The number of carbonyl (C=O) groups is 1. The number of nitrogens with zero attached hydrogens (tertiary/aromatic N) is 1. The summed E-state index contributed by atoms with van der Waals surface area (Å²) in [6, 6.07) is 9.17. The summed E-state index contributed by atoms with van der Waals surface area (Å²) in [6.45, 7) is 1.59. The van der Waals surface area contributed by atoms with Gasteiger partial charge in [0.25, 0.3) is 15.9 Å². The highest BCUT2D eigenvalue weighted by Crippen LogP contribution is 2.32. The number of ether oxygens (including phenoxy) is 1. The molecule has 1 aliphatic heterocycles. The van der Waals surface area contributed by atoms with Crippen LogP contribution < -0.4 is 14.8 Å². The van der Waals surface area contributed by atoms with Crippen molar-refractivity contribution in [3.8, 4) is 5.75 Å². The second kappa shape index (κ2) is 5.30. The minimum absolute atomic E-state index is 0.0280. The Morgan fingerprint density at radius 2 is 2.09 bits per heavy atom. The van der Waals surface area contributed by atoms with Crippen LogP contribution in [-0.2, 0) is 14.8 Å². The van der Waals surface area contributed by atoms with E-state index in [1.54, 1.807) is 25.1 Å². The molecule has 1 aliphatic rings. The number of fused-ring (bicyclic) bond motifs is 1. The third kappa shape index (κ3) is 2.73. The van der Waals surface area contributed by atoms with Crippen molar-refractivity contribution >= 4 is 27.4 Å². The summed E-state index contributed by atoms with van der Waals surface area (Å²) in [5.41, 5.74) is 0.444. The smallest absolute Gasteiger partial charge is 0.265 e. The van der Waals surface area contributed by atoms with Crippen molar-refractivity contribution < 1.29 is 17.9 Å². The maximum Gasteiger partial charge on any atom is 0.265 e. The molecule has 2 heterocycles. The number of amides is 1. The van der Waals surface area contributed by atoms with Crippen molar-refractivity contribution in [1.82, 2.24) is 4.98 Å². The van der Waals surface area contributed by atoms with Crippen molar-refractivity contribution in [2.75, 3.05) is 10.0 Å². The number of aromatic nitrogens is 1. The van der Waals surface area contributed by atoms with Gasteiger partial charge in [-0.25, -0.2) is 13.4 Å². The van der Waals surface area contributed by atoms with Crippen LogP contribution in [-0.4, -0.2) is 25.4 Å². The Morgan fingerprint density at radius 1 is 1.27 bits per heavy atom. The van der Waals surface area contributed by atoms with Crippen LogP contribution in [0.2, 0.25) is 0 Å². The fourth-order valence-electron chi connectivity index (χ4n) is 1.97. The number of rotatable bonds is 3. The van der Waals surface area contributed by atoms with E-state index in [1.165, 1.54) is 24.4 Å².